The maximum Gasteiger partial charge on any atom is 0.449 e. The first kappa shape index (κ1) is 23.5. The van der Waals surface area contributed by atoms with Gasteiger partial charge in [0, 0.05) is 30.8 Å². The Morgan fingerprint density at radius 3 is 2.44 bits per heavy atom. The first-order chi connectivity index (χ1) is 14.7. The summed E-state index contributed by atoms with van der Waals surface area (Å²) in [4.78, 5) is 31.0. The number of rotatable bonds is 3. The van der Waals surface area contributed by atoms with Crippen molar-refractivity contribution in [3.8, 4) is 0 Å². The van der Waals surface area contributed by atoms with Crippen molar-refractivity contribution < 1.29 is 31.9 Å². The van der Waals surface area contributed by atoms with Crippen molar-refractivity contribution in [1.82, 2.24) is 14.5 Å². The van der Waals surface area contributed by atoms with E-state index in [1.807, 2.05) is 0 Å². The first-order valence-corrected chi connectivity index (χ1v) is 9.86. The quantitative estimate of drug-likeness (QED) is 0.514. The monoisotopic (exact) mass is 453 g/mol. The van der Waals surface area contributed by atoms with Gasteiger partial charge in [-0.1, -0.05) is 19.9 Å². The average Bonchev–Trinajstić information content (AvgIpc) is 2.96. The topological polar surface area (TPSA) is 64.4 Å². The minimum atomic E-state index is -4.75. The fourth-order valence-corrected chi connectivity index (χ4v) is 3.64. The van der Waals surface area contributed by atoms with Crippen LogP contribution in [0.25, 0.3) is 5.57 Å². The van der Waals surface area contributed by atoms with Crippen LogP contribution in [-0.4, -0.2) is 39.0 Å². The van der Waals surface area contributed by atoms with Crippen molar-refractivity contribution in [2.75, 3.05) is 6.54 Å². The lowest BCUT2D eigenvalue weighted by Gasteiger charge is -2.28. The Bertz CT molecular complexity index is 1100. The molecule has 1 aliphatic heterocycles. The van der Waals surface area contributed by atoms with Gasteiger partial charge in [0.1, 0.15) is 11.4 Å². The second-order valence-corrected chi connectivity index (χ2v) is 8.51. The number of aromatic nitrogens is 2. The molecule has 0 fully saturated rings. The van der Waals surface area contributed by atoms with Gasteiger partial charge in [-0.3, -0.25) is 4.79 Å². The molecule has 0 unspecified atom stereocenters. The van der Waals surface area contributed by atoms with E-state index in [2.05, 4.69) is 4.98 Å². The fraction of sp³-hybridized carbons (Fsp3) is 0.409. The third-order valence-electron chi connectivity index (χ3n) is 4.99. The lowest BCUT2D eigenvalue weighted by molar-refractivity contribution is -0.147. The number of carbonyl (C=O) groups is 2. The van der Waals surface area contributed by atoms with E-state index in [9.17, 15) is 27.2 Å². The van der Waals surface area contributed by atoms with E-state index >= 15 is 0 Å². The Balaban J connectivity index is 2.23. The number of nitrogens with zero attached hydrogens (tertiary/aromatic N) is 3. The van der Waals surface area contributed by atoms with Crippen LogP contribution < -0.4 is 0 Å². The van der Waals surface area contributed by atoms with E-state index < -0.39 is 41.2 Å². The number of esters is 1. The zero-order valence-electron chi connectivity index (χ0n) is 18.2. The molecule has 0 saturated carbocycles. The Morgan fingerprint density at radius 1 is 1.22 bits per heavy atom. The molecule has 1 amide bonds. The van der Waals surface area contributed by atoms with Crippen LogP contribution >= 0.6 is 0 Å². The van der Waals surface area contributed by atoms with Crippen LogP contribution in [0.3, 0.4) is 0 Å². The van der Waals surface area contributed by atoms with Gasteiger partial charge in [0.15, 0.2) is 0 Å². The summed E-state index contributed by atoms with van der Waals surface area (Å²) in [6.07, 6.45) is -4.14. The minimum absolute atomic E-state index is 0.00817. The number of fused-ring (bicyclic) bond motifs is 1. The Hall–Kier alpha value is -3.17. The summed E-state index contributed by atoms with van der Waals surface area (Å²) in [5.74, 6) is -3.29. The van der Waals surface area contributed by atoms with E-state index in [1.54, 1.807) is 27.7 Å². The highest BCUT2D eigenvalue weighted by molar-refractivity contribution is 6.17. The molecule has 1 aromatic carbocycles. The number of alkyl halides is 3. The SMILES string of the molecule is CC(C)OC(=O)C1=CN(C(=O)c2cccc(F)c2)CC(C)(C)c2nc(C(F)(F)F)n(C)c21. The molecule has 6 nitrogen and oxygen atoms in total. The number of hydrogen-bond acceptors (Lipinski definition) is 4. The standard InChI is InChI=1S/C22H23F4N3O3/c1-12(2)32-19(31)15-10-29(18(30)13-7-6-8-14(23)9-13)11-21(3,4)17-16(15)28(5)20(27-17)22(24,25)26/h6-10,12H,11H2,1-5H3. The van der Waals surface area contributed by atoms with Crippen LogP contribution in [0.1, 0.15) is 55.3 Å². The van der Waals surface area contributed by atoms with Gasteiger partial charge in [0.25, 0.3) is 5.91 Å². The highest BCUT2D eigenvalue weighted by atomic mass is 19.4. The van der Waals surface area contributed by atoms with E-state index in [1.165, 1.54) is 23.1 Å². The van der Waals surface area contributed by atoms with E-state index in [0.29, 0.717) is 0 Å². The third kappa shape index (κ3) is 4.39. The first-order valence-electron chi connectivity index (χ1n) is 9.86. The van der Waals surface area contributed by atoms with Gasteiger partial charge < -0.3 is 14.2 Å². The van der Waals surface area contributed by atoms with Crippen molar-refractivity contribution in [1.29, 1.82) is 0 Å². The molecule has 1 aromatic heterocycles. The predicted molar refractivity (Wildman–Crippen MR) is 108 cm³/mol. The van der Waals surface area contributed by atoms with Gasteiger partial charge in [-0.15, -0.1) is 0 Å². The molecule has 1 aliphatic rings. The lowest BCUT2D eigenvalue weighted by Crippen LogP contribution is -2.37. The number of carbonyl (C=O) groups excluding carboxylic acids is 2. The molecule has 32 heavy (non-hydrogen) atoms. The molecule has 2 heterocycles. The van der Waals surface area contributed by atoms with Gasteiger partial charge in [0.05, 0.1) is 17.5 Å². The zero-order valence-corrected chi connectivity index (χ0v) is 18.2. The number of ether oxygens (including phenoxy) is 1. The highest BCUT2D eigenvalue weighted by Gasteiger charge is 2.44. The molecule has 0 atom stereocenters. The molecule has 0 radical (unpaired) electrons. The second-order valence-electron chi connectivity index (χ2n) is 8.51. The predicted octanol–water partition coefficient (Wildman–Crippen LogP) is 4.30. The van der Waals surface area contributed by atoms with Gasteiger partial charge in [-0.25, -0.2) is 14.2 Å². The third-order valence-corrected chi connectivity index (χ3v) is 4.99. The minimum Gasteiger partial charge on any atom is -0.459 e. The van der Waals surface area contributed by atoms with Gasteiger partial charge >= 0.3 is 12.1 Å². The van der Waals surface area contributed by atoms with Crippen LogP contribution in [0.15, 0.2) is 30.5 Å². The van der Waals surface area contributed by atoms with Gasteiger partial charge in [-0.05, 0) is 32.0 Å². The molecule has 0 saturated heterocycles. The molecule has 0 bridgehead atoms. The van der Waals surface area contributed by atoms with Crippen LogP contribution in [-0.2, 0) is 28.2 Å². The van der Waals surface area contributed by atoms with Gasteiger partial charge in [-0.2, -0.15) is 13.2 Å². The molecular weight excluding hydrogens is 430 g/mol. The van der Waals surface area contributed by atoms with Crippen LogP contribution in [0.4, 0.5) is 17.6 Å². The molecule has 2 aromatic rings. The van der Waals surface area contributed by atoms with Crippen molar-refractivity contribution in [2.45, 2.75) is 45.4 Å². The van der Waals surface area contributed by atoms with Crippen LogP contribution in [0, 0.1) is 5.82 Å². The van der Waals surface area contributed by atoms with Crippen LogP contribution in [0.5, 0.6) is 0 Å². The Morgan fingerprint density at radius 2 is 1.88 bits per heavy atom. The van der Waals surface area contributed by atoms with Crippen molar-refractivity contribution in [2.24, 2.45) is 7.05 Å². The van der Waals surface area contributed by atoms with Crippen LogP contribution in [0.2, 0.25) is 0 Å². The van der Waals surface area contributed by atoms with E-state index in [4.69, 9.17) is 4.74 Å². The summed E-state index contributed by atoms with van der Waals surface area (Å²) in [5.41, 5.74) is -1.36. The molecule has 0 spiro atoms. The number of hydrogen-bond donors (Lipinski definition) is 0. The van der Waals surface area contributed by atoms with E-state index in [-0.39, 0.29) is 29.1 Å². The fourth-order valence-electron chi connectivity index (χ4n) is 3.64. The number of imidazole rings is 1. The van der Waals surface area contributed by atoms with Crippen molar-refractivity contribution in [3.63, 3.8) is 0 Å². The summed E-state index contributed by atoms with van der Waals surface area (Å²) in [6.45, 7) is 6.34. The smallest absolute Gasteiger partial charge is 0.449 e. The molecule has 0 N–H and O–H groups in total. The molecule has 172 valence electrons. The number of amides is 1. The molecule has 10 heteroatoms. The molecule has 3 rings (SSSR count). The summed E-state index contributed by atoms with van der Waals surface area (Å²) >= 11 is 0. The lowest BCUT2D eigenvalue weighted by atomic mass is 9.87. The maximum absolute atomic E-state index is 13.7. The van der Waals surface area contributed by atoms with Crippen molar-refractivity contribution in [3.05, 3.63) is 59.1 Å². The summed E-state index contributed by atoms with van der Waals surface area (Å²) in [5, 5.41) is 0. The molecule has 0 aliphatic carbocycles. The average molecular weight is 453 g/mol. The Labute approximate surface area is 182 Å². The normalized spacial score (nSPS) is 15.8. The highest BCUT2D eigenvalue weighted by Crippen LogP contribution is 2.39. The number of halogens is 4. The zero-order chi connectivity index (χ0) is 24.0. The van der Waals surface area contributed by atoms with Crippen molar-refractivity contribution >= 4 is 17.4 Å². The summed E-state index contributed by atoms with van der Waals surface area (Å²) < 4.78 is 60.4. The summed E-state index contributed by atoms with van der Waals surface area (Å²) in [6, 6.07) is 5.02. The largest absolute Gasteiger partial charge is 0.459 e. The van der Waals surface area contributed by atoms with E-state index in [0.717, 1.165) is 23.9 Å². The summed E-state index contributed by atoms with van der Waals surface area (Å²) in [7, 11) is 1.16. The molecular formula is C22H23F4N3O3. The Kier molecular flexibility index (Phi) is 5.92. The van der Waals surface area contributed by atoms with Gasteiger partial charge in [0.2, 0.25) is 5.82 Å². The maximum atomic E-state index is 13.7. The second kappa shape index (κ2) is 8.07. The number of benzene rings is 1.